The summed E-state index contributed by atoms with van der Waals surface area (Å²) in [6.45, 7) is 5.72. The Morgan fingerprint density at radius 2 is 2.05 bits per heavy atom. The van der Waals surface area contributed by atoms with Crippen LogP contribution in [0, 0.1) is 5.92 Å². The van der Waals surface area contributed by atoms with Crippen molar-refractivity contribution in [2.45, 2.75) is 39.7 Å². The van der Waals surface area contributed by atoms with Crippen molar-refractivity contribution < 1.29 is 4.79 Å². The molecule has 1 amide bonds. The van der Waals surface area contributed by atoms with Crippen LogP contribution in [0.5, 0.6) is 0 Å². The molecule has 1 N–H and O–H groups in total. The third-order valence-corrected chi connectivity index (χ3v) is 3.76. The summed E-state index contributed by atoms with van der Waals surface area (Å²) in [5, 5.41) is 3.02. The molecular weight excluding hydrogens is 250 g/mol. The molecule has 20 heavy (non-hydrogen) atoms. The number of carbonyl (C=O) groups excluding carboxylic acids is 1. The van der Waals surface area contributed by atoms with E-state index in [0.717, 1.165) is 43.4 Å². The van der Waals surface area contributed by atoms with Gasteiger partial charge in [0, 0.05) is 19.0 Å². The van der Waals surface area contributed by atoms with E-state index in [1.54, 1.807) is 0 Å². The van der Waals surface area contributed by atoms with Gasteiger partial charge in [-0.3, -0.25) is 4.79 Å². The first-order chi connectivity index (χ1) is 9.76. The fraction of sp³-hybridized carbons (Fsp3) is 0.500. The molecule has 0 unspecified atom stereocenters. The van der Waals surface area contributed by atoms with Gasteiger partial charge in [0.15, 0.2) is 0 Å². The first-order valence-electron chi connectivity index (χ1n) is 7.43. The van der Waals surface area contributed by atoms with Crippen molar-refractivity contribution in [2.24, 2.45) is 5.92 Å². The molecular formula is C16H23N3O. The van der Waals surface area contributed by atoms with Crippen LogP contribution in [0.3, 0.4) is 0 Å². The average Bonchev–Trinajstić information content (AvgIpc) is 2.88. The highest BCUT2D eigenvalue weighted by Gasteiger charge is 2.12. The minimum absolute atomic E-state index is 0.157. The van der Waals surface area contributed by atoms with E-state index in [2.05, 4.69) is 34.8 Å². The van der Waals surface area contributed by atoms with Crippen LogP contribution in [0.2, 0.25) is 0 Å². The number of hydrogen-bond donors (Lipinski definition) is 1. The molecule has 2 aromatic rings. The average molecular weight is 273 g/mol. The summed E-state index contributed by atoms with van der Waals surface area (Å²) in [6, 6.07) is 8.11. The van der Waals surface area contributed by atoms with Gasteiger partial charge in [0.1, 0.15) is 0 Å². The molecule has 0 aliphatic heterocycles. The highest BCUT2D eigenvalue weighted by atomic mass is 16.1. The van der Waals surface area contributed by atoms with Crippen LogP contribution in [0.4, 0.5) is 0 Å². The second-order valence-electron chi connectivity index (χ2n) is 5.08. The van der Waals surface area contributed by atoms with Gasteiger partial charge < -0.3 is 9.88 Å². The monoisotopic (exact) mass is 273 g/mol. The second kappa shape index (κ2) is 7.08. The van der Waals surface area contributed by atoms with Crippen molar-refractivity contribution in [2.75, 3.05) is 6.54 Å². The molecule has 0 atom stereocenters. The van der Waals surface area contributed by atoms with Crippen molar-refractivity contribution in [1.82, 2.24) is 14.9 Å². The van der Waals surface area contributed by atoms with Crippen LogP contribution in [-0.2, 0) is 11.3 Å². The molecule has 1 aromatic heterocycles. The Hall–Kier alpha value is -1.84. The number of nitrogens with zero attached hydrogens (tertiary/aromatic N) is 2. The van der Waals surface area contributed by atoms with Gasteiger partial charge in [0.25, 0.3) is 0 Å². The van der Waals surface area contributed by atoms with Crippen LogP contribution in [0.25, 0.3) is 11.0 Å². The minimum Gasteiger partial charge on any atom is -0.356 e. The van der Waals surface area contributed by atoms with E-state index >= 15 is 0 Å². The summed E-state index contributed by atoms with van der Waals surface area (Å²) >= 11 is 0. The van der Waals surface area contributed by atoms with Gasteiger partial charge in [-0.2, -0.15) is 0 Å². The number of aromatic nitrogens is 2. The van der Waals surface area contributed by atoms with Gasteiger partial charge >= 0.3 is 0 Å². The van der Waals surface area contributed by atoms with Gasteiger partial charge in [-0.25, -0.2) is 4.98 Å². The molecule has 1 aromatic carbocycles. The maximum Gasteiger partial charge on any atom is 0.223 e. The molecule has 0 fully saturated rings. The maximum absolute atomic E-state index is 11.8. The molecule has 108 valence electrons. The number of imidazole rings is 1. The largest absolute Gasteiger partial charge is 0.356 e. The summed E-state index contributed by atoms with van der Waals surface area (Å²) < 4.78 is 2.14. The van der Waals surface area contributed by atoms with Crippen molar-refractivity contribution in [3.63, 3.8) is 0 Å². The quantitative estimate of drug-likeness (QED) is 0.788. The van der Waals surface area contributed by atoms with Gasteiger partial charge in [-0.1, -0.05) is 26.0 Å². The Morgan fingerprint density at radius 3 is 2.80 bits per heavy atom. The number of aryl methyl sites for hydroxylation is 1. The third kappa shape index (κ3) is 3.38. The summed E-state index contributed by atoms with van der Waals surface area (Å²) in [6.07, 6.45) is 4.61. The van der Waals surface area contributed by atoms with E-state index in [1.807, 2.05) is 24.5 Å². The summed E-state index contributed by atoms with van der Waals surface area (Å²) in [5.41, 5.74) is 2.17. The normalized spacial score (nSPS) is 11.2. The van der Waals surface area contributed by atoms with E-state index in [0.29, 0.717) is 0 Å². The molecule has 0 radical (unpaired) electrons. The zero-order chi connectivity index (χ0) is 14.4. The molecule has 0 spiro atoms. The topological polar surface area (TPSA) is 46.9 Å². The summed E-state index contributed by atoms with van der Waals surface area (Å²) in [7, 11) is 0. The SMILES string of the molecule is CCC(CC)C(=O)NCCCn1cnc2ccccc21. The lowest BCUT2D eigenvalue weighted by Crippen LogP contribution is -2.31. The zero-order valence-electron chi connectivity index (χ0n) is 12.3. The highest BCUT2D eigenvalue weighted by molar-refractivity contribution is 5.78. The van der Waals surface area contributed by atoms with Crippen molar-refractivity contribution >= 4 is 16.9 Å². The lowest BCUT2D eigenvalue weighted by Gasteiger charge is -2.12. The Morgan fingerprint density at radius 1 is 1.30 bits per heavy atom. The predicted octanol–water partition coefficient (Wildman–Crippen LogP) is 2.98. The van der Waals surface area contributed by atoms with Crippen molar-refractivity contribution in [3.8, 4) is 0 Å². The van der Waals surface area contributed by atoms with Gasteiger partial charge in [-0.15, -0.1) is 0 Å². The first-order valence-corrected chi connectivity index (χ1v) is 7.43. The number of carbonyl (C=O) groups is 1. The Kier molecular flexibility index (Phi) is 5.16. The summed E-state index contributed by atoms with van der Waals surface area (Å²) in [4.78, 5) is 16.2. The van der Waals surface area contributed by atoms with E-state index in [1.165, 1.54) is 0 Å². The molecule has 0 aliphatic carbocycles. The van der Waals surface area contributed by atoms with Crippen LogP contribution in [-0.4, -0.2) is 22.0 Å². The Balaban J connectivity index is 1.80. The van der Waals surface area contributed by atoms with E-state index in [9.17, 15) is 4.79 Å². The molecule has 0 aliphatic rings. The van der Waals surface area contributed by atoms with E-state index in [-0.39, 0.29) is 11.8 Å². The minimum atomic E-state index is 0.157. The molecule has 1 heterocycles. The van der Waals surface area contributed by atoms with Crippen LogP contribution >= 0.6 is 0 Å². The highest BCUT2D eigenvalue weighted by Crippen LogP contribution is 2.12. The second-order valence-corrected chi connectivity index (χ2v) is 5.08. The number of nitrogens with one attached hydrogen (secondary N) is 1. The van der Waals surface area contributed by atoms with E-state index in [4.69, 9.17) is 0 Å². The molecule has 4 heteroatoms. The Labute approximate surface area is 120 Å². The van der Waals surface area contributed by atoms with Gasteiger partial charge in [0.05, 0.1) is 17.4 Å². The number of fused-ring (bicyclic) bond motifs is 1. The fourth-order valence-corrected chi connectivity index (χ4v) is 2.45. The standard InChI is InChI=1S/C16H23N3O/c1-3-13(4-2)16(20)17-10-7-11-19-12-18-14-8-5-6-9-15(14)19/h5-6,8-9,12-13H,3-4,7,10-11H2,1-2H3,(H,17,20). The summed E-state index contributed by atoms with van der Waals surface area (Å²) in [5.74, 6) is 0.342. The number of benzene rings is 1. The van der Waals surface area contributed by atoms with Crippen LogP contribution in [0.1, 0.15) is 33.1 Å². The molecule has 0 saturated heterocycles. The van der Waals surface area contributed by atoms with Crippen molar-refractivity contribution in [1.29, 1.82) is 0 Å². The van der Waals surface area contributed by atoms with Gasteiger partial charge in [-0.05, 0) is 31.4 Å². The fourth-order valence-electron chi connectivity index (χ4n) is 2.45. The zero-order valence-corrected chi connectivity index (χ0v) is 12.3. The molecule has 2 rings (SSSR count). The smallest absolute Gasteiger partial charge is 0.223 e. The Bertz CT molecular complexity index is 558. The number of amides is 1. The van der Waals surface area contributed by atoms with Crippen molar-refractivity contribution in [3.05, 3.63) is 30.6 Å². The molecule has 4 nitrogen and oxygen atoms in total. The maximum atomic E-state index is 11.8. The molecule has 0 saturated carbocycles. The van der Waals surface area contributed by atoms with Gasteiger partial charge in [0.2, 0.25) is 5.91 Å². The van der Waals surface area contributed by atoms with E-state index < -0.39 is 0 Å². The van der Waals surface area contributed by atoms with Crippen LogP contribution in [0.15, 0.2) is 30.6 Å². The lowest BCUT2D eigenvalue weighted by molar-refractivity contribution is -0.125. The third-order valence-electron chi connectivity index (χ3n) is 3.76. The molecule has 0 bridgehead atoms. The van der Waals surface area contributed by atoms with Crippen LogP contribution < -0.4 is 5.32 Å². The number of rotatable bonds is 7. The first kappa shape index (κ1) is 14.6. The number of para-hydroxylation sites is 2. The lowest BCUT2D eigenvalue weighted by atomic mass is 10.0. The predicted molar refractivity (Wildman–Crippen MR) is 81.4 cm³/mol. The number of hydrogen-bond acceptors (Lipinski definition) is 2.